The van der Waals surface area contributed by atoms with E-state index in [0.29, 0.717) is 12.2 Å². The van der Waals surface area contributed by atoms with Crippen LogP contribution in [-0.4, -0.2) is 38.0 Å². The van der Waals surface area contributed by atoms with Crippen molar-refractivity contribution in [2.24, 2.45) is 0 Å². The SMILES string of the molecule is O=C(O)c1sccc1CS(=O)(=O)CC1CCCO1. The van der Waals surface area contributed by atoms with Gasteiger partial charge >= 0.3 is 5.97 Å². The lowest BCUT2D eigenvalue weighted by molar-refractivity contribution is 0.0701. The van der Waals surface area contributed by atoms with Gasteiger partial charge in [0.15, 0.2) is 9.84 Å². The van der Waals surface area contributed by atoms with Gasteiger partial charge in [0, 0.05) is 6.61 Å². The molecule has 0 amide bonds. The smallest absolute Gasteiger partial charge is 0.346 e. The zero-order chi connectivity index (χ0) is 13.2. The van der Waals surface area contributed by atoms with E-state index in [1.165, 1.54) is 0 Å². The van der Waals surface area contributed by atoms with Crippen molar-refractivity contribution in [3.05, 3.63) is 21.9 Å². The molecule has 0 aromatic carbocycles. The Morgan fingerprint density at radius 1 is 1.56 bits per heavy atom. The Kier molecular flexibility index (Phi) is 4.04. The minimum absolute atomic E-state index is 0.0259. The van der Waals surface area contributed by atoms with Gasteiger partial charge in [-0.05, 0) is 29.9 Å². The van der Waals surface area contributed by atoms with Gasteiger partial charge in [-0.1, -0.05) is 0 Å². The lowest BCUT2D eigenvalue weighted by Gasteiger charge is -2.09. The van der Waals surface area contributed by atoms with Gasteiger partial charge < -0.3 is 9.84 Å². The maximum atomic E-state index is 12.0. The van der Waals surface area contributed by atoms with Crippen LogP contribution in [0.2, 0.25) is 0 Å². The second kappa shape index (κ2) is 5.38. The predicted molar refractivity (Wildman–Crippen MR) is 67.7 cm³/mol. The highest BCUT2D eigenvalue weighted by Gasteiger charge is 2.25. The van der Waals surface area contributed by atoms with Crippen LogP contribution in [-0.2, 0) is 20.3 Å². The summed E-state index contributed by atoms with van der Waals surface area (Å²) in [6.07, 6.45) is 1.41. The Balaban J connectivity index is 2.07. The molecule has 1 aliphatic rings. The predicted octanol–water partition coefficient (Wildman–Crippen LogP) is 1.54. The summed E-state index contributed by atoms with van der Waals surface area (Å²) in [5.41, 5.74) is 0.366. The number of hydrogen-bond acceptors (Lipinski definition) is 5. The first-order valence-electron chi connectivity index (χ1n) is 5.59. The molecule has 2 rings (SSSR count). The molecule has 1 unspecified atom stereocenters. The van der Waals surface area contributed by atoms with Crippen molar-refractivity contribution in [3.63, 3.8) is 0 Å². The molecule has 2 heterocycles. The van der Waals surface area contributed by atoms with Gasteiger partial charge in [0.25, 0.3) is 0 Å². The Bertz CT molecular complexity index is 525. The number of rotatable bonds is 5. The highest BCUT2D eigenvalue weighted by Crippen LogP contribution is 2.21. The number of aromatic carboxylic acids is 1. The average Bonchev–Trinajstić information content (AvgIpc) is 2.87. The number of ether oxygens (including phenoxy) is 1. The third-order valence-electron chi connectivity index (χ3n) is 2.78. The molecule has 100 valence electrons. The van der Waals surface area contributed by atoms with Crippen LogP contribution in [0.1, 0.15) is 28.1 Å². The van der Waals surface area contributed by atoms with Crippen molar-refractivity contribution in [2.45, 2.75) is 24.7 Å². The fourth-order valence-corrected chi connectivity index (χ4v) is 4.51. The van der Waals surface area contributed by atoms with Crippen LogP contribution in [0.25, 0.3) is 0 Å². The number of carboxylic acids is 1. The second-order valence-electron chi connectivity index (χ2n) is 4.27. The molecule has 1 aromatic heterocycles. The normalized spacial score (nSPS) is 20.1. The highest BCUT2D eigenvalue weighted by atomic mass is 32.2. The summed E-state index contributed by atoms with van der Waals surface area (Å²) < 4.78 is 29.2. The number of thiophene rings is 1. The molecule has 0 spiro atoms. The molecule has 0 bridgehead atoms. The highest BCUT2D eigenvalue weighted by molar-refractivity contribution is 7.90. The Hall–Kier alpha value is -0.920. The van der Waals surface area contributed by atoms with Crippen LogP contribution in [0.5, 0.6) is 0 Å². The largest absolute Gasteiger partial charge is 0.477 e. The molecule has 5 nitrogen and oxygen atoms in total. The van der Waals surface area contributed by atoms with Crippen LogP contribution in [0, 0.1) is 0 Å². The fraction of sp³-hybridized carbons (Fsp3) is 0.545. The van der Waals surface area contributed by atoms with Crippen molar-refractivity contribution >= 4 is 27.1 Å². The molecule has 0 saturated carbocycles. The summed E-state index contributed by atoms with van der Waals surface area (Å²) in [6, 6.07) is 1.56. The van der Waals surface area contributed by atoms with Crippen LogP contribution >= 0.6 is 11.3 Å². The number of hydrogen-bond donors (Lipinski definition) is 1. The van der Waals surface area contributed by atoms with Crippen LogP contribution in [0.3, 0.4) is 0 Å². The summed E-state index contributed by atoms with van der Waals surface area (Å²) in [4.78, 5) is 11.0. The standard InChI is InChI=1S/C11H14O5S2/c12-11(13)10-8(3-5-17-10)6-18(14,15)7-9-2-1-4-16-9/h3,5,9H,1-2,4,6-7H2,(H,12,13). The van der Waals surface area contributed by atoms with Crippen molar-refractivity contribution in [3.8, 4) is 0 Å². The zero-order valence-electron chi connectivity index (χ0n) is 9.66. The van der Waals surface area contributed by atoms with E-state index in [0.717, 1.165) is 24.2 Å². The minimum atomic E-state index is -3.33. The first-order valence-corrected chi connectivity index (χ1v) is 8.30. The van der Waals surface area contributed by atoms with E-state index in [-0.39, 0.29) is 22.5 Å². The summed E-state index contributed by atoms with van der Waals surface area (Å²) >= 11 is 1.05. The first-order chi connectivity index (χ1) is 8.48. The molecule has 0 aliphatic carbocycles. The Morgan fingerprint density at radius 3 is 2.94 bits per heavy atom. The molecule has 1 aliphatic heterocycles. The van der Waals surface area contributed by atoms with Gasteiger partial charge in [-0.15, -0.1) is 11.3 Å². The van der Waals surface area contributed by atoms with Gasteiger partial charge in [0.05, 0.1) is 17.6 Å². The van der Waals surface area contributed by atoms with E-state index in [4.69, 9.17) is 9.84 Å². The Morgan fingerprint density at radius 2 is 2.33 bits per heavy atom. The van der Waals surface area contributed by atoms with Crippen LogP contribution < -0.4 is 0 Å². The summed E-state index contributed by atoms with van der Waals surface area (Å²) in [6.45, 7) is 0.610. The van der Waals surface area contributed by atoms with Crippen LogP contribution in [0.15, 0.2) is 11.4 Å². The van der Waals surface area contributed by atoms with E-state index in [1.54, 1.807) is 11.4 Å². The molecular weight excluding hydrogens is 276 g/mol. The maximum Gasteiger partial charge on any atom is 0.346 e. The molecule has 1 saturated heterocycles. The fourth-order valence-electron chi connectivity index (χ4n) is 1.99. The van der Waals surface area contributed by atoms with Gasteiger partial charge in [0.1, 0.15) is 4.88 Å². The zero-order valence-corrected chi connectivity index (χ0v) is 11.3. The third kappa shape index (κ3) is 3.30. The van der Waals surface area contributed by atoms with Gasteiger partial charge in [-0.3, -0.25) is 0 Å². The monoisotopic (exact) mass is 290 g/mol. The topological polar surface area (TPSA) is 80.7 Å². The van der Waals surface area contributed by atoms with Gasteiger partial charge in [-0.25, -0.2) is 13.2 Å². The van der Waals surface area contributed by atoms with E-state index in [9.17, 15) is 13.2 Å². The third-order valence-corrected chi connectivity index (χ3v) is 5.36. The minimum Gasteiger partial charge on any atom is -0.477 e. The quantitative estimate of drug-likeness (QED) is 0.889. The lowest BCUT2D eigenvalue weighted by atomic mass is 10.3. The molecule has 18 heavy (non-hydrogen) atoms. The van der Waals surface area contributed by atoms with Crippen molar-refractivity contribution in [2.75, 3.05) is 12.4 Å². The molecule has 1 aromatic rings. The second-order valence-corrected chi connectivity index (χ2v) is 7.29. The summed E-state index contributed by atoms with van der Waals surface area (Å²) in [7, 11) is -3.33. The van der Waals surface area contributed by atoms with E-state index in [2.05, 4.69) is 0 Å². The summed E-state index contributed by atoms with van der Waals surface area (Å²) in [5.74, 6) is -1.33. The number of carboxylic acid groups (broad SMARTS) is 1. The van der Waals surface area contributed by atoms with Crippen LogP contribution in [0.4, 0.5) is 0 Å². The summed E-state index contributed by atoms with van der Waals surface area (Å²) in [5, 5.41) is 10.5. The average molecular weight is 290 g/mol. The molecule has 1 fully saturated rings. The van der Waals surface area contributed by atoms with E-state index >= 15 is 0 Å². The molecule has 7 heteroatoms. The Labute approximate surface area is 109 Å². The molecule has 1 N–H and O–H groups in total. The maximum absolute atomic E-state index is 12.0. The number of sulfone groups is 1. The molecule has 0 radical (unpaired) electrons. The van der Waals surface area contributed by atoms with E-state index in [1.807, 2.05) is 0 Å². The van der Waals surface area contributed by atoms with Crippen molar-refractivity contribution in [1.29, 1.82) is 0 Å². The molecule has 1 atom stereocenters. The number of carbonyl (C=O) groups is 1. The van der Waals surface area contributed by atoms with Crippen molar-refractivity contribution in [1.82, 2.24) is 0 Å². The van der Waals surface area contributed by atoms with Gasteiger partial charge in [-0.2, -0.15) is 0 Å². The van der Waals surface area contributed by atoms with Crippen molar-refractivity contribution < 1.29 is 23.1 Å². The molecular formula is C11H14O5S2. The van der Waals surface area contributed by atoms with Gasteiger partial charge in [0.2, 0.25) is 0 Å². The lowest BCUT2D eigenvalue weighted by Crippen LogP contribution is -2.21. The van der Waals surface area contributed by atoms with E-state index < -0.39 is 15.8 Å². The first kappa shape index (κ1) is 13.5.